The average molecular weight is 372 g/mol. The molecule has 0 amide bonds. The van der Waals surface area contributed by atoms with E-state index in [0.29, 0.717) is 0 Å². The Hall–Kier alpha value is -3.91. The molecule has 1 aliphatic rings. The highest BCUT2D eigenvalue weighted by Crippen LogP contribution is 2.34. The highest BCUT2D eigenvalue weighted by molar-refractivity contribution is 5.95. The molecule has 1 aromatic heterocycles. The molecule has 0 saturated carbocycles. The molecular weight excluding hydrogens is 352 g/mol. The molecule has 0 spiro atoms. The van der Waals surface area contributed by atoms with Crippen molar-refractivity contribution < 1.29 is 4.58 Å². The van der Waals surface area contributed by atoms with Crippen molar-refractivity contribution >= 4 is 17.5 Å². The quantitative estimate of drug-likeness (QED) is 0.307. The van der Waals surface area contributed by atoms with E-state index < -0.39 is 0 Å². The third-order valence-corrected chi connectivity index (χ3v) is 5.22. The van der Waals surface area contributed by atoms with Crippen LogP contribution in [-0.4, -0.2) is 16.3 Å². The number of pyridine rings is 1. The second-order valence-corrected chi connectivity index (χ2v) is 7.10. The van der Waals surface area contributed by atoms with Gasteiger partial charge >= 0.3 is 0 Å². The van der Waals surface area contributed by atoms with Gasteiger partial charge in [-0.15, -0.1) is 6.08 Å². The molecule has 0 saturated heterocycles. The predicted octanol–water partition coefficient (Wildman–Crippen LogP) is 6.25. The van der Waals surface area contributed by atoms with Gasteiger partial charge in [-0.1, -0.05) is 78.9 Å². The molecule has 138 valence electrons. The summed E-state index contributed by atoms with van der Waals surface area (Å²) in [5.74, 6) is 0. The fourth-order valence-corrected chi connectivity index (χ4v) is 3.80. The topological polar surface area (TPSA) is 15.9 Å². The minimum absolute atomic E-state index is 0.994. The van der Waals surface area contributed by atoms with Gasteiger partial charge in [-0.3, -0.25) is 9.56 Å². The van der Waals surface area contributed by atoms with Crippen LogP contribution in [0, 0.1) is 6.04 Å². The van der Waals surface area contributed by atoms with Crippen LogP contribution < -0.4 is 0 Å². The summed E-state index contributed by atoms with van der Waals surface area (Å²) in [7, 11) is 0. The van der Waals surface area contributed by atoms with E-state index in [0.717, 1.165) is 33.8 Å². The minimum Gasteiger partial charge on any atom is -0.256 e. The standard InChI is InChI=1S/C27H20N2/c1-29-16-8-7-13-26(29)23-17-22(20-9-3-2-4-10-20)18-24(19-23)27-25-12-6-5-11-21(25)14-15-28-27/h2-19H,1H2. The van der Waals surface area contributed by atoms with Crippen molar-refractivity contribution in [2.24, 2.45) is 0 Å². The Labute approximate surface area is 170 Å². The zero-order valence-corrected chi connectivity index (χ0v) is 16.0. The molecule has 1 aliphatic heterocycles. The van der Waals surface area contributed by atoms with E-state index in [1.807, 2.05) is 35.2 Å². The number of rotatable bonds is 3. The second-order valence-electron chi connectivity index (χ2n) is 7.10. The zero-order chi connectivity index (χ0) is 19.6. The van der Waals surface area contributed by atoms with Crippen LogP contribution in [0.3, 0.4) is 0 Å². The summed E-state index contributed by atoms with van der Waals surface area (Å²) < 4.78 is 1.91. The molecule has 4 aromatic rings. The van der Waals surface area contributed by atoms with Gasteiger partial charge < -0.3 is 0 Å². The van der Waals surface area contributed by atoms with Crippen LogP contribution in [0.4, 0.5) is 0 Å². The lowest BCUT2D eigenvalue weighted by atomic mass is 9.93. The third kappa shape index (κ3) is 3.26. The zero-order valence-electron chi connectivity index (χ0n) is 16.0. The van der Waals surface area contributed by atoms with Crippen molar-refractivity contribution in [2.75, 3.05) is 0 Å². The van der Waals surface area contributed by atoms with Crippen LogP contribution >= 0.6 is 0 Å². The molecule has 3 aromatic carbocycles. The molecule has 0 unspecified atom stereocenters. The van der Waals surface area contributed by atoms with Gasteiger partial charge in [0.05, 0.1) is 12.4 Å². The van der Waals surface area contributed by atoms with E-state index in [1.165, 1.54) is 10.9 Å². The molecule has 2 heterocycles. The number of aromatic nitrogens is 1. The van der Waals surface area contributed by atoms with E-state index in [2.05, 4.69) is 85.6 Å². The molecule has 29 heavy (non-hydrogen) atoms. The number of hydrogen-bond donors (Lipinski definition) is 0. The third-order valence-electron chi connectivity index (χ3n) is 5.22. The molecule has 5 rings (SSSR count). The van der Waals surface area contributed by atoms with Gasteiger partial charge in [0.15, 0.2) is 0 Å². The van der Waals surface area contributed by atoms with Crippen molar-refractivity contribution in [1.82, 2.24) is 4.98 Å². The Kier molecular flexibility index (Phi) is 4.30. The summed E-state index contributed by atoms with van der Waals surface area (Å²) in [6.45, 7) is 4.15. The maximum absolute atomic E-state index is 4.75. The molecule has 0 bridgehead atoms. The predicted molar refractivity (Wildman–Crippen MR) is 121 cm³/mol. The Morgan fingerprint density at radius 2 is 1.55 bits per heavy atom. The van der Waals surface area contributed by atoms with E-state index in [-0.39, 0.29) is 0 Å². The maximum atomic E-state index is 4.75. The van der Waals surface area contributed by atoms with Crippen LogP contribution in [-0.2, 0) is 0 Å². The van der Waals surface area contributed by atoms with Crippen LogP contribution in [0.25, 0.3) is 33.2 Å². The fraction of sp³-hybridized carbons (Fsp3) is 0. The molecule has 2 nitrogen and oxygen atoms in total. The van der Waals surface area contributed by atoms with Gasteiger partial charge in [0.1, 0.15) is 12.2 Å². The normalized spacial score (nSPS) is 13.2. The largest absolute Gasteiger partial charge is 0.256 e. The molecule has 0 fully saturated rings. The highest BCUT2D eigenvalue weighted by Gasteiger charge is 2.17. The first-order chi connectivity index (χ1) is 14.3. The van der Waals surface area contributed by atoms with Gasteiger partial charge in [-0.2, -0.15) is 0 Å². The summed E-state index contributed by atoms with van der Waals surface area (Å²) in [5.41, 5.74) is 5.56. The number of fused-ring (bicyclic) bond motifs is 1. The van der Waals surface area contributed by atoms with Crippen molar-refractivity contribution in [3.63, 3.8) is 0 Å². The molecular formula is C27H20N2. The first-order valence-corrected chi connectivity index (χ1v) is 9.66. The summed E-state index contributed by atoms with van der Waals surface area (Å²) in [6.07, 6.45) is 9.99. The van der Waals surface area contributed by atoms with Crippen LogP contribution in [0.15, 0.2) is 109 Å². The Balaban J connectivity index is 1.75. The van der Waals surface area contributed by atoms with Crippen molar-refractivity contribution in [1.29, 1.82) is 0 Å². The minimum atomic E-state index is 0.994. The van der Waals surface area contributed by atoms with Crippen LogP contribution in [0.2, 0.25) is 0 Å². The van der Waals surface area contributed by atoms with Crippen molar-refractivity contribution in [2.45, 2.75) is 0 Å². The summed E-state index contributed by atoms with van der Waals surface area (Å²) in [6, 6.07) is 28.6. The van der Waals surface area contributed by atoms with Crippen molar-refractivity contribution in [3.8, 4) is 22.4 Å². The van der Waals surface area contributed by atoms with Gasteiger partial charge in [0.25, 0.3) is 0 Å². The first kappa shape index (κ1) is 17.2. The molecule has 0 N–H and O–H groups in total. The summed E-state index contributed by atoms with van der Waals surface area (Å²) in [5, 5.41) is 2.35. The summed E-state index contributed by atoms with van der Waals surface area (Å²) >= 11 is 0. The van der Waals surface area contributed by atoms with Gasteiger partial charge in [0.2, 0.25) is 0 Å². The molecule has 2 heteroatoms. The SMILES string of the molecule is C=[N+]1C=CC=C[C-]1c1cc(-c2ccccc2)cc(-c2nccc3ccccc23)c1. The smallest absolute Gasteiger partial charge is 0.147 e. The molecule has 0 radical (unpaired) electrons. The second kappa shape index (κ2) is 7.25. The number of hydrogen-bond acceptors (Lipinski definition) is 1. The van der Waals surface area contributed by atoms with Gasteiger partial charge in [-0.05, 0) is 39.8 Å². The van der Waals surface area contributed by atoms with Gasteiger partial charge in [0, 0.05) is 11.6 Å². The Morgan fingerprint density at radius 3 is 2.41 bits per heavy atom. The molecule has 0 aliphatic carbocycles. The monoisotopic (exact) mass is 372 g/mol. The highest BCUT2D eigenvalue weighted by atomic mass is 15.0. The lowest BCUT2D eigenvalue weighted by Gasteiger charge is -2.19. The van der Waals surface area contributed by atoms with E-state index in [4.69, 9.17) is 4.98 Å². The number of nitrogens with zero attached hydrogens (tertiary/aromatic N) is 2. The summed E-state index contributed by atoms with van der Waals surface area (Å²) in [4.78, 5) is 4.75. The first-order valence-electron chi connectivity index (χ1n) is 9.66. The van der Waals surface area contributed by atoms with Crippen LogP contribution in [0.5, 0.6) is 0 Å². The lowest BCUT2D eigenvalue weighted by Crippen LogP contribution is -2.13. The lowest BCUT2D eigenvalue weighted by molar-refractivity contribution is -0.417. The Bertz CT molecular complexity index is 1260. The fourth-order valence-electron chi connectivity index (χ4n) is 3.80. The van der Waals surface area contributed by atoms with E-state index >= 15 is 0 Å². The Morgan fingerprint density at radius 1 is 0.759 bits per heavy atom. The number of allylic oxidation sites excluding steroid dienone is 2. The maximum Gasteiger partial charge on any atom is 0.147 e. The molecule has 0 atom stereocenters. The van der Waals surface area contributed by atoms with Crippen molar-refractivity contribution in [3.05, 3.63) is 121 Å². The van der Waals surface area contributed by atoms with E-state index in [1.54, 1.807) is 0 Å². The van der Waals surface area contributed by atoms with E-state index in [9.17, 15) is 0 Å². The van der Waals surface area contributed by atoms with Crippen LogP contribution in [0.1, 0.15) is 5.56 Å². The number of benzene rings is 3. The average Bonchev–Trinajstić information content (AvgIpc) is 2.79. The van der Waals surface area contributed by atoms with Gasteiger partial charge in [-0.25, -0.2) is 0 Å².